The van der Waals surface area contributed by atoms with Gasteiger partial charge in [-0.1, -0.05) is 28.0 Å². The van der Waals surface area contributed by atoms with Crippen molar-refractivity contribution in [2.75, 3.05) is 18.6 Å². The van der Waals surface area contributed by atoms with Crippen LogP contribution in [0.25, 0.3) is 0 Å². The van der Waals surface area contributed by atoms with Gasteiger partial charge in [0.2, 0.25) is 5.91 Å². The molecule has 119 valence electrons. The second-order valence-corrected chi connectivity index (χ2v) is 7.51. The molecule has 1 rings (SSSR count). The van der Waals surface area contributed by atoms with Gasteiger partial charge in [-0.05, 0) is 19.3 Å². The Kier molecular flexibility index (Phi) is 12.6. The van der Waals surface area contributed by atoms with Gasteiger partial charge in [0.05, 0.1) is 7.11 Å². The van der Waals surface area contributed by atoms with Gasteiger partial charge in [-0.2, -0.15) is 0 Å². The maximum Gasteiger partial charge on any atom is 0.326 e. The zero-order valence-corrected chi connectivity index (χ0v) is 16.2. The van der Waals surface area contributed by atoms with Gasteiger partial charge < -0.3 is 22.7 Å². The number of carbonyl (C=O) groups is 2. The van der Waals surface area contributed by atoms with Crippen LogP contribution >= 0.6 is 21.6 Å². The molecule has 2 atom stereocenters. The zero-order chi connectivity index (χ0) is 14.1. The average molecular weight is 515 g/mol. The van der Waals surface area contributed by atoms with Crippen molar-refractivity contribution in [1.29, 1.82) is 0 Å². The molecule has 0 aromatic heterocycles. The first kappa shape index (κ1) is 20.6. The van der Waals surface area contributed by atoms with Gasteiger partial charge in [0, 0.05) is 37.5 Å². The number of amides is 1. The van der Waals surface area contributed by atoms with Crippen LogP contribution in [0.5, 0.6) is 0 Å². The topological polar surface area (TPSA) is 55.4 Å². The van der Waals surface area contributed by atoms with E-state index in [0.29, 0.717) is 6.42 Å². The first-order valence-corrected chi connectivity index (χ1v) is 9.37. The number of hydrogen-bond donors (Lipinski definition) is 1. The Morgan fingerprint density at radius 1 is 1.45 bits per heavy atom. The van der Waals surface area contributed by atoms with Crippen molar-refractivity contribution in [3.63, 3.8) is 0 Å². The molecule has 2 unspecified atom stereocenters. The van der Waals surface area contributed by atoms with Crippen molar-refractivity contribution >= 4 is 46.1 Å². The molecule has 1 amide bonds. The van der Waals surface area contributed by atoms with Crippen molar-refractivity contribution in [1.82, 2.24) is 5.32 Å². The fraction of sp³-hybridized carbons (Fsp3) is 0.833. The van der Waals surface area contributed by atoms with E-state index >= 15 is 0 Å². The molecular formula is C12H20IrNO3S3-. The minimum Gasteiger partial charge on any atom is -0.790 e. The van der Waals surface area contributed by atoms with Crippen LogP contribution in [0.15, 0.2) is 0 Å². The fourth-order valence-corrected chi connectivity index (χ4v) is 5.05. The van der Waals surface area contributed by atoms with Gasteiger partial charge in [-0.25, -0.2) is 4.79 Å². The number of hydrogen-bond acceptors (Lipinski definition) is 6. The van der Waals surface area contributed by atoms with E-state index in [1.807, 2.05) is 21.6 Å². The summed E-state index contributed by atoms with van der Waals surface area (Å²) in [6.07, 6.45) is 4.82. The van der Waals surface area contributed by atoms with Gasteiger partial charge in [0.1, 0.15) is 6.04 Å². The third kappa shape index (κ3) is 8.17. The number of unbranched alkanes of at least 4 members (excludes halogenated alkanes) is 1. The number of esters is 1. The van der Waals surface area contributed by atoms with Gasteiger partial charge in [0.25, 0.3) is 0 Å². The summed E-state index contributed by atoms with van der Waals surface area (Å²) in [5, 5.41) is 3.37. The number of methoxy groups -OCH3 is 1. The van der Waals surface area contributed by atoms with Crippen molar-refractivity contribution in [2.45, 2.75) is 43.4 Å². The molecular weight excluding hydrogens is 495 g/mol. The second kappa shape index (κ2) is 12.2. The normalized spacial score (nSPS) is 19.0. The first-order valence-electron chi connectivity index (χ1n) is 6.41. The van der Waals surface area contributed by atoms with Crippen molar-refractivity contribution in [3.05, 3.63) is 0 Å². The monoisotopic (exact) mass is 515 g/mol. The summed E-state index contributed by atoms with van der Waals surface area (Å²) in [4.78, 5) is 22.9. The van der Waals surface area contributed by atoms with Crippen LogP contribution in [0.1, 0.15) is 32.1 Å². The van der Waals surface area contributed by atoms with E-state index in [2.05, 4.69) is 10.1 Å². The van der Waals surface area contributed by atoms with E-state index in [1.54, 1.807) is 0 Å². The maximum atomic E-state index is 11.7. The summed E-state index contributed by atoms with van der Waals surface area (Å²) in [5.74, 6) is 0.806. The molecule has 0 spiro atoms. The Balaban J connectivity index is 0.00000361. The third-order valence-corrected chi connectivity index (χ3v) is 6.23. The average Bonchev–Trinajstić information content (AvgIpc) is 2.93. The Morgan fingerprint density at radius 2 is 2.20 bits per heavy atom. The SMILES string of the molecule is COC(=O)C(C[S-])NC(=O)CCCCC1CCSS1.[Ir]. The molecule has 4 nitrogen and oxygen atoms in total. The standard InChI is InChI=1S/C12H21NO3S3.Ir/c1-16-12(15)10(8-17)13-11(14)5-3-2-4-9-6-7-18-19-9;/h9-10,17H,2-8H2,1H3,(H,13,14);/p-1. The molecule has 1 saturated heterocycles. The number of rotatable bonds is 8. The van der Waals surface area contributed by atoms with Crippen LogP contribution in [0, 0.1) is 0 Å². The Bertz CT molecular complexity index is 302. The Labute approximate surface area is 147 Å². The van der Waals surface area contributed by atoms with E-state index in [4.69, 9.17) is 12.6 Å². The molecule has 1 radical (unpaired) electrons. The summed E-state index contributed by atoms with van der Waals surface area (Å²) in [7, 11) is 5.20. The van der Waals surface area contributed by atoms with Crippen molar-refractivity contribution in [3.8, 4) is 0 Å². The molecule has 0 aliphatic carbocycles. The molecule has 1 aliphatic rings. The van der Waals surface area contributed by atoms with Crippen molar-refractivity contribution < 1.29 is 34.4 Å². The molecule has 1 heterocycles. The minimum absolute atomic E-state index is 0. The van der Waals surface area contributed by atoms with Crippen LogP contribution in [-0.2, 0) is 47.1 Å². The van der Waals surface area contributed by atoms with Crippen molar-refractivity contribution in [2.24, 2.45) is 0 Å². The van der Waals surface area contributed by atoms with Crippen LogP contribution in [-0.4, -0.2) is 41.8 Å². The predicted molar refractivity (Wildman–Crippen MR) is 83.1 cm³/mol. The van der Waals surface area contributed by atoms with Gasteiger partial charge in [0.15, 0.2) is 0 Å². The fourth-order valence-electron chi connectivity index (χ4n) is 1.80. The van der Waals surface area contributed by atoms with E-state index in [-0.39, 0.29) is 31.8 Å². The van der Waals surface area contributed by atoms with E-state index in [0.717, 1.165) is 18.1 Å². The van der Waals surface area contributed by atoms with Gasteiger partial charge in [-0.15, -0.1) is 5.75 Å². The van der Waals surface area contributed by atoms with Crippen LogP contribution in [0.2, 0.25) is 0 Å². The van der Waals surface area contributed by atoms with E-state index in [9.17, 15) is 9.59 Å². The van der Waals surface area contributed by atoms with E-state index in [1.165, 1.54) is 25.7 Å². The molecule has 8 heteroatoms. The molecule has 1 aliphatic heterocycles. The summed E-state index contributed by atoms with van der Waals surface area (Å²) in [6.45, 7) is 0. The molecule has 0 aromatic rings. The smallest absolute Gasteiger partial charge is 0.326 e. The van der Waals surface area contributed by atoms with Gasteiger partial charge in [-0.3, -0.25) is 4.79 Å². The zero-order valence-electron chi connectivity index (χ0n) is 11.4. The molecule has 0 aromatic carbocycles. The molecule has 0 bridgehead atoms. The summed E-state index contributed by atoms with van der Waals surface area (Å²) >= 11 is 4.82. The van der Waals surface area contributed by atoms with Crippen LogP contribution < -0.4 is 5.32 Å². The quantitative estimate of drug-likeness (QED) is 0.231. The predicted octanol–water partition coefficient (Wildman–Crippen LogP) is 1.90. The van der Waals surface area contributed by atoms with Crippen LogP contribution in [0.3, 0.4) is 0 Å². The number of carbonyl (C=O) groups excluding carboxylic acids is 2. The Morgan fingerprint density at radius 3 is 2.75 bits per heavy atom. The molecule has 0 saturated carbocycles. The third-order valence-electron chi connectivity index (χ3n) is 2.89. The summed E-state index contributed by atoms with van der Waals surface area (Å²) < 4.78 is 4.57. The summed E-state index contributed by atoms with van der Waals surface area (Å²) in [6, 6.07) is -0.686. The number of nitrogens with one attached hydrogen (secondary N) is 1. The first-order chi connectivity index (χ1) is 9.17. The Hall–Kier alpha value is 0.639. The molecule has 1 fully saturated rings. The second-order valence-electron chi connectivity index (χ2n) is 4.38. The summed E-state index contributed by atoms with van der Waals surface area (Å²) in [5.41, 5.74) is 0. The van der Waals surface area contributed by atoms with Gasteiger partial charge >= 0.3 is 5.97 Å². The minimum atomic E-state index is -0.686. The molecule has 20 heavy (non-hydrogen) atoms. The maximum absolute atomic E-state index is 11.7. The number of ether oxygens (including phenoxy) is 1. The molecule has 1 N–H and O–H groups in total. The largest absolute Gasteiger partial charge is 0.790 e. The van der Waals surface area contributed by atoms with Crippen LogP contribution in [0.4, 0.5) is 0 Å². The van der Waals surface area contributed by atoms with E-state index < -0.39 is 12.0 Å².